The Labute approximate surface area is 142 Å². The summed E-state index contributed by atoms with van der Waals surface area (Å²) in [6, 6.07) is 3.34. The van der Waals surface area contributed by atoms with Crippen LogP contribution in [0.1, 0.15) is 40.4 Å². The molecule has 0 saturated heterocycles. The fourth-order valence-electron chi connectivity index (χ4n) is 2.31. The predicted octanol–water partition coefficient (Wildman–Crippen LogP) is 4.73. The van der Waals surface area contributed by atoms with E-state index in [1.807, 2.05) is 0 Å². The Morgan fingerprint density at radius 2 is 2.23 bits per heavy atom. The van der Waals surface area contributed by atoms with Gasteiger partial charge in [0.2, 0.25) is 5.78 Å². The van der Waals surface area contributed by atoms with Crippen LogP contribution in [0.15, 0.2) is 27.7 Å². The number of thioether (sulfide) groups is 1. The van der Waals surface area contributed by atoms with Crippen LogP contribution < -0.4 is 4.74 Å². The Morgan fingerprint density at radius 3 is 2.86 bits per heavy atom. The minimum atomic E-state index is -0.173. The van der Waals surface area contributed by atoms with E-state index in [9.17, 15) is 4.79 Å². The second-order valence-corrected chi connectivity index (χ2v) is 6.89. The number of carbonyl (C=O) groups excluding carboxylic acids is 1. The van der Waals surface area contributed by atoms with Crippen LogP contribution in [0.3, 0.4) is 0 Å². The lowest BCUT2D eigenvalue weighted by atomic mass is 10.0. The third-order valence-electron chi connectivity index (χ3n) is 3.50. The number of ketones is 1. The van der Waals surface area contributed by atoms with Crippen molar-refractivity contribution in [3.05, 3.63) is 40.2 Å². The van der Waals surface area contributed by atoms with Gasteiger partial charge in [-0.1, -0.05) is 16.8 Å². The summed E-state index contributed by atoms with van der Waals surface area (Å²) in [5.41, 5.74) is 0.926. The Kier molecular flexibility index (Phi) is 4.66. The van der Waals surface area contributed by atoms with Gasteiger partial charge in [-0.05, 0) is 25.0 Å². The second-order valence-electron chi connectivity index (χ2n) is 4.92. The van der Waals surface area contributed by atoms with Crippen molar-refractivity contribution in [1.82, 2.24) is 5.16 Å². The Balaban J connectivity index is 2.05. The minimum absolute atomic E-state index is 0.173. The molecule has 1 aromatic heterocycles. The van der Waals surface area contributed by atoms with Crippen LogP contribution in [0.2, 0.25) is 5.02 Å². The second kappa shape index (κ2) is 6.52. The first-order valence-corrected chi connectivity index (χ1v) is 8.61. The number of methoxy groups -OCH3 is 1. The smallest absolute Gasteiger partial charge is 0.201 e. The van der Waals surface area contributed by atoms with Gasteiger partial charge in [0.05, 0.1) is 39.6 Å². The summed E-state index contributed by atoms with van der Waals surface area (Å²) < 4.78 is 10.7. The van der Waals surface area contributed by atoms with Gasteiger partial charge in [0.25, 0.3) is 0 Å². The Morgan fingerprint density at radius 1 is 1.45 bits per heavy atom. The maximum atomic E-state index is 12.8. The zero-order valence-electron chi connectivity index (χ0n) is 11.8. The van der Waals surface area contributed by atoms with E-state index < -0.39 is 0 Å². The average Bonchev–Trinajstić information content (AvgIpc) is 3.25. The van der Waals surface area contributed by atoms with Gasteiger partial charge in [-0.25, -0.2) is 0 Å². The van der Waals surface area contributed by atoms with E-state index in [2.05, 4.69) is 5.16 Å². The number of benzene rings is 1. The van der Waals surface area contributed by atoms with E-state index >= 15 is 0 Å². The number of nitrogens with zero attached hydrogens (tertiary/aromatic N) is 1. The van der Waals surface area contributed by atoms with Crippen LogP contribution in [-0.2, 0) is 0 Å². The van der Waals surface area contributed by atoms with Crippen LogP contribution in [0.25, 0.3) is 0 Å². The summed E-state index contributed by atoms with van der Waals surface area (Å²) >= 11 is 13.3. The molecule has 0 unspecified atom stereocenters. The van der Waals surface area contributed by atoms with E-state index in [0.29, 0.717) is 43.7 Å². The molecule has 22 heavy (non-hydrogen) atoms. The zero-order valence-corrected chi connectivity index (χ0v) is 14.1. The highest BCUT2D eigenvalue weighted by atomic mass is 35.5. The quantitative estimate of drug-likeness (QED) is 0.424. The molecule has 116 valence electrons. The molecule has 3 rings (SSSR count). The summed E-state index contributed by atoms with van der Waals surface area (Å²) in [5.74, 6) is 1.23. The highest BCUT2D eigenvalue weighted by molar-refractivity contribution is 8.00. The molecule has 2 aromatic rings. The Hall–Kier alpha value is -1.17. The zero-order chi connectivity index (χ0) is 15.7. The average molecular weight is 358 g/mol. The minimum Gasteiger partial charge on any atom is -0.495 e. The van der Waals surface area contributed by atoms with Crippen LogP contribution in [-0.4, -0.2) is 23.3 Å². The van der Waals surface area contributed by atoms with Crippen LogP contribution in [0, 0.1) is 0 Å². The van der Waals surface area contributed by atoms with Crippen molar-refractivity contribution >= 4 is 40.7 Å². The normalized spacial score (nSPS) is 14.1. The molecule has 0 aliphatic heterocycles. The topological polar surface area (TPSA) is 52.3 Å². The number of hydrogen-bond acceptors (Lipinski definition) is 5. The molecule has 0 amide bonds. The molecule has 0 N–H and O–H groups in total. The number of hydrogen-bond donors (Lipinski definition) is 0. The lowest BCUT2D eigenvalue weighted by molar-refractivity contribution is 0.103. The molecular weight excluding hydrogens is 345 g/mol. The van der Waals surface area contributed by atoms with Gasteiger partial charge in [0, 0.05) is 5.92 Å². The maximum absolute atomic E-state index is 12.8. The van der Waals surface area contributed by atoms with Gasteiger partial charge in [0.15, 0.2) is 5.76 Å². The van der Waals surface area contributed by atoms with Crippen molar-refractivity contribution in [2.75, 3.05) is 12.3 Å². The third-order valence-corrected chi connectivity index (χ3v) is 5.06. The van der Waals surface area contributed by atoms with Crippen LogP contribution >= 0.6 is 35.0 Å². The number of carbonyl (C=O) groups is 1. The summed E-state index contributed by atoms with van der Waals surface area (Å²) in [6.45, 7) is 0. The van der Waals surface area contributed by atoms with Crippen molar-refractivity contribution in [2.24, 2.45) is 0 Å². The standard InChI is InChI=1S/C15H13Cl2NO3S/c1-20-14-9(4-5-11(17)15(14)22-7-16)12(19)10-6-18-21-13(10)8-2-3-8/h4-6,8H,2-3,7H2,1H3. The molecule has 0 radical (unpaired) electrons. The van der Waals surface area contributed by atoms with Gasteiger partial charge < -0.3 is 9.26 Å². The first-order valence-electron chi connectivity index (χ1n) is 6.71. The van der Waals surface area contributed by atoms with Crippen molar-refractivity contribution in [2.45, 2.75) is 23.7 Å². The Bertz CT molecular complexity index is 713. The first kappa shape index (κ1) is 15.7. The van der Waals surface area contributed by atoms with Crippen molar-refractivity contribution in [3.63, 3.8) is 0 Å². The molecular formula is C15H13Cl2NO3S. The summed E-state index contributed by atoms with van der Waals surface area (Å²) in [7, 11) is 1.51. The fourth-order valence-corrected chi connectivity index (χ4v) is 3.59. The molecule has 1 aromatic carbocycles. The van der Waals surface area contributed by atoms with E-state index in [0.717, 1.165) is 12.8 Å². The maximum Gasteiger partial charge on any atom is 0.201 e. The van der Waals surface area contributed by atoms with E-state index in [-0.39, 0.29) is 5.78 Å². The molecule has 7 heteroatoms. The van der Waals surface area contributed by atoms with E-state index in [1.54, 1.807) is 12.1 Å². The summed E-state index contributed by atoms with van der Waals surface area (Å²) in [4.78, 5) is 13.5. The molecule has 1 aliphatic carbocycles. The van der Waals surface area contributed by atoms with Crippen LogP contribution in [0.5, 0.6) is 5.75 Å². The number of aromatic nitrogens is 1. The number of ether oxygens (including phenoxy) is 1. The molecule has 1 heterocycles. The molecule has 0 atom stereocenters. The summed E-state index contributed by atoms with van der Waals surface area (Å²) in [5, 5.41) is 4.59. The monoisotopic (exact) mass is 357 g/mol. The third kappa shape index (κ3) is 2.85. The number of rotatable bonds is 6. The highest BCUT2D eigenvalue weighted by Gasteiger charge is 2.33. The molecule has 1 aliphatic rings. The first-order chi connectivity index (χ1) is 10.7. The predicted molar refractivity (Wildman–Crippen MR) is 86.5 cm³/mol. The highest BCUT2D eigenvalue weighted by Crippen LogP contribution is 2.44. The molecule has 1 fully saturated rings. The van der Waals surface area contributed by atoms with Gasteiger partial charge in [-0.15, -0.1) is 23.4 Å². The molecule has 0 bridgehead atoms. The molecule has 4 nitrogen and oxygen atoms in total. The largest absolute Gasteiger partial charge is 0.495 e. The SMILES string of the molecule is COc1c(C(=O)c2cnoc2C2CC2)ccc(Cl)c1SCCl. The van der Waals surface area contributed by atoms with Gasteiger partial charge in [-0.2, -0.15) is 0 Å². The van der Waals surface area contributed by atoms with E-state index in [1.165, 1.54) is 25.1 Å². The summed E-state index contributed by atoms with van der Waals surface area (Å²) in [6.07, 6.45) is 3.53. The molecule has 1 saturated carbocycles. The fraction of sp³-hybridized carbons (Fsp3) is 0.333. The molecule has 0 spiro atoms. The van der Waals surface area contributed by atoms with Gasteiger partial charge in [0.1, 0.15) is 5.75 Å². The van der Waals surface area contributed by atoms with Crippen molar-refractivity contribution in [1.29, 1.82) is 0 Å². The van der Waals surface area contributed by atoms with Gasteiger partial charge >= 0.3 is 0 Å². The van der Waals surface area contributed by atoms with Crippen molar-refractivity contribution in [3.8, 4) is 5.75 Å². The number of halogens is 2. The lowest BCUT2D eigenvalue weighted by Gasteiger charge is -2.13. The number of alkyl halides is 1. The van der Waals surface area contributed by atoms with Crippen LogP contribution in [0.4, 0.5) is 0 Å². The lowest BCUT2D eigenvalue weighted by Crippen LogP contribution is -2.06. The van der Waals surface area contributed by atoms with Crippen molar-refractivity contribution < 1.29 is 14.1 Å². The van der Waals surface area contributed by atoms with Gasteiger partial charge in [-0.3, -0.25) is 4.79 Å². The van der Waals surface area contributed by atoms with E-state index in [4.69, 9.17) is 32.5 Å².